The van der Waals surface area contributed by atoms with E-state index in [1.54, 1.807) is 31.4 Å². The maximum absolute atomic E-state index is 13.0. The normalized spacial score (nSPS) is 27.9. The van der Waals surface area contributed by atoms with E-state index < -0.39 is 27.4 Å². The van der Waals surface area contributed by atoms with Crippen LogP contribution in [0.3, 0.4) is 0 Å². The quantitative estimate of drug-likeness (QED) is 0.760. The summed E-state index contributed by atoms with van der Waals surface area (Å²) in [5.74, 6) is -0.202. The fourth-order valence-electron chi connectivity index (χ4n) is 5.25. The van der Waals surface area contributed by atoms with E-state index in [9.17, 15) is 18.3 Å². The highest BCUT2D eigenvalue weighted by atomic mass is 32.2. The number of aliphatic carboxylic acids is 1. The van der Waals surface area contributed by atoms with E-state index in [4.69, 9.17) is 4.74 Å². The molecule has 2 bridgehead atoms. The van der Waals surface area contributed by atoms with Gasteiger partial charge in [-0.25, -0.2) is 13.1 Å². The molecule has 0 heterocycles. The van der Waals surface area contributed by atoms with Crippen molar-refractivity contribution in [2.45, 2.75) is 55.9 Å². The predicted octanol–water partition coefficient (Wildman–Crippen LogP) is 3.42. The standard InChI is InChI=1S/C23H27NO5S/c1-15-4-8-18(9-5-15)30(27,28)24-20-10-11-22(2)14-23(20,21(25)26)13-16-6-7-17(29-3)12-19(16)22/h4-9,12,20,24H,10-11,13-14H2,1-3H3,(H,25,26)/t20-,22-,23+/m0/s1. The molecule has 160 valence electrons. The topological polar surface area (TPSA) is 92.7 Å². The van der Waals surface area contributed by atoms with Crippen LogP contribution in [0.2, 0.25) is 0 Å². The van der Waals surface area contributed by atoms with E-state index >= 15 is 0 Å². The maximum atomic E-state index is 13.0. The molecule has 0 saturated heterocycles. The number of aryl methyl sites for hydroxylation is 1. The Kier molecular flexibility index (Phi) is 4.94. The van der Waals surface area contributed by atoms with Gasteiger partial charge in [-0.05, 0) is 73.4 Å². The minimum Gasteiger partial charge on any atom is -0.497 e. The number of hydrogen-bond acceptors (Lipinski definition) is 4. The Balaban J connectivity index is 1.73. The summed E-state index contributed by atoms with van der Waals surface area (Å²) in [5.41, 5.74) is 1.49. The van der Waals surface area contributed by atoms with Crippen LogP contribution in [0.1, 0.15) is 42.9 Å². The Morgan fingerprint density at radius 1 is 1.20 bits per heavy atom. The molecular formula is C23H27NO5S. The third-order valence-corrected chi connectivity index (χ3v) is 8.37. The molecule has 0 radical (unpaired) electrons. The van der Waals surface area contributed by atoms with Crippen molar-refractivity contribution in [1.29, 1.82) is 0 Å². The van der Waals surface area contributed by atoms with Crippen molar-refractivity contribution in [1.82, 2.24) is 4.72 Å². The van der Waals surface area contributed by atoms with Gasteiger partial charge in [0.05, 0.1) is 17.4 Å². The van der Waals surface area contributed by atoms with E-state index in [-0.39, 0.29) is 10.3 Å². The van der Waals surface area contributed by atoms with Gasteiger partial charge in [0.2, 0.25) is 10.0 Å². The van der Waals surface area contributed by atoms with Gasteiger partial charge in [0.1, 0.15) is 5.75 Å². The zero-order valence-electron chi connectivity index (χ0n) is 17.4. The summed E-state index contributed by atoms with van der Waals surface area (Å²) in [4.78, 5) is 12.7. The fourth-order valence-corrected chi connectivity index (χ4v) is 6.59. The predicted molar refractivity (Wildman–Crippen MR) is 113 cm³/mol. The van der Waals surface area contributed by atoms with Gasteiger partial charge in [0.25, 0.3) is 0 Å². The number of nitrogens with one attached hydrogen (secondary N) is 1. The summed E-state index contributed by atoms with van der Waals surface area (Å²) in [6.07, 6.45) is 1.84. The number of carboxylic acid groups (broad SMARTS) is 1. The highest BCUT2D eigenvalue weighted by molar-refractivity contribution is 7.89. The van der Waals surface area contributed by atoms with Gasteiger partial charge in [-0.3, -0.25) is 4.79 Å². The van der Waals surface area contributed by atoms with Crippen LogP contribution >= 0.6 is 0 Å². The summed E-state index contributed by atoms with van der Waals surface area (Å²) < 4.78 is 34.2. The van der Waals surface area contributed by atoms with Gasteiger partial charge < -0.3 is 9.84 Å². The first kappa shape index (κ1) is 20.9. The van der Waals surface area contributed by atoms with Crippen LogP contribution in [0.15, 0.2) is 47.4 Å². The maximum Gasteiger partial charge on any atom is 0.311 e. The van der Waals surface area contributed by atoms with Crippen LogP contribution < -0.4 is 9.46 Å². The molecule has 0 aromatic heterocycles. The minimum atomic E-state index is -3.83. The lowest BCUT2D eigenvalue weighted by Gasteiger charge is -2.53. The van der Waals surface area contributed by atoms with Crippen molar-refractivity contribution in [2.75, 3.05) is 7.11 Å². The zero-order chi connectivity index (χ0) is 21.7. The third kappa shape index (κ3) is 3.30. The number of hydrogen-bond donors (Lipinski definition) is 2. The molecule has 1 fully saturated rings. The van der Waals surface area contributed by atoms with Crippen LogP contribution in [-0.2, 0) is 26.7 Å². The number of fused-ring (bicyclic) bond motifs is 4. The number of benzene rings is 2. The SMILES string of the molecule is COc1ccc2c(c1)[C@@]1(C)CC[C@H](NS(=O)(=O)c3ccc(C)cc3)[C@@](C(=O)O)(C2)C1. The summed E-state index contributed by atoms with van der Waals surface area (Å²) in [5, 5.41) is 10.3. The number of methoxy groups -OCH3 is 1. The lowest BCUT2D eigenvalue weighted by Crippen LogP contribution is -2.60. The highest BCUT2D eigenvalue weighted by Gasteiger charge is 2.58. The third-order valence-electron chi connectivity index (χ3n) is 6.89. The van der Waals surface area contributed by atoms with Crippen molar-refractivity contribution in [2.24, 2.45) is 5.41 Å². The molecule has 1 saturated carbocycles. The first-order valence-electron chi connectivity index (χ1n) is 10.1. The lowest BCUT2D eigenvalue weighted by atomic mass is 9.52. The van der Waals surface area contributed by atoms with Crippen LogP contribution in [-0.4, -0.2) is 32.6 Å². The largest absolute Gasteiger partial charge is 0.497 e. The lowest BCUT2D eigenvalue weighted by molar-refractivity contribution is -0.155. The molecule has 3 atom stereocenters. The van der Waals surface area contributed by atoms with Crippen molar-refractivity contribution in [3.05, 3.63) is 59.2 Å². The molecule has 0 aliphatic heterocycles. The summed E-state index contributed by atoms with van der Waals surface area (Å²) in [7, 11) is -2.21. The Morgan fingerprint density at radius 2 is 1.90 bits per heavy atom. The van der Waals surface area contributed by atoms with Crippen LogP contribution in [0.5, 0.6) is 5.75 Å². The van der Waals surface area contributed by atoms with Crippen molar-refractivity contribution in [3.63, 3.8) is 0 Å². The van der Waals surface area contributed by atoms with E-state index in [1.165, 1.54) is 0 Å². The van der Waals surface area contributed by atoms with Gasteiger partial charge in [-0.1, -0.05) is 30.7 Å². The van der Waals surface area contributed by atoms with E-state index in [2.05, 4.69) is 11.6 Å². The molecule has 0 amide bonds. The molecule has 2 aliphatic carbocycles. The molecule has 7 heteroatoms. The second-order valence-corrected chi connectivity index (χ2v) is 10.6. The van der Waals surface area contributed by atoms with E-state index in [0.717, 1.165) is 22.4 Å². The van der Waals surface area contributed by atoms with Crippen molar-refractivity contribution < 1.29 is 23.1 Å². The molecule has 4 rings (SSSR count). The number of carboxylic acids is 1. The minimum absolute atomic E-state index is 0.155. The van der Waals surface area contributed by atoms with Crippen molar-refractivity contribution in [3.8, 4) is 5.75 Å². The Bertz CT molecular complexity index is 1100. The Labute approximate surface area is 177 Å². The van der Waals surface area contributed by atoms with Gasteiger partial charge in [-0.15, -0.1) is 0 Å². The van der Waals surface area contributed by atoms with E-state index in [1.807, 2.05) is 25.1 Å². The number of ether oxygens (including phenoxy) is 1. The monoisotopic (exact) mass is 429 g/mol. The molecule has 2 N–H and O–H groups in total. The molecule has 6 nitrogen and oxygen atoms in total. The average molecular weight is 430 g/mol. The first-order valence-corrected chi connectivity index (χ1v) is 11.6. The van der Waals surface area contributed by atoms with E-state index in [0.29, 0.717) is 25.7 Å². The van der Waals surface area contributed by atoms with Crippen LogP contribution in [0.25, 0.3) is 0 Å². The number of rotatable bonds is 5. The molecule has 2 aliphatic rings. The fraction of sp³-hybridized carbons (Fsp3) is 0.435. The van der Waals surface area contributed by atoms with Gasteiger partial charge in [-0.2, -0.15) is 0 Å². The molecule has 0 unspecified atom stereocenters. The van der Waals surface area contributed by atoms with Gasteiger partial charge in [0, 0.05) is 6.04 Å². The second kappa shape index (κ2) is 7.10. The van der Waals surface area contributed by atoms with Crippen molar-refractivity contribution >= 4 is 16.0 Å². The number of carbonyl (C=O) groups is 1. The first-order chi connectivity index (χ1) is 14.1. The second-order valence-electron chi connectivity index (χ2n) is 8.92. The summed E-state index contributed by atoms with van der Waals surface area (Å²) >= 11 is 0. The van der Waals surface area contributed by atoms with Gasteiger partial charge in [0.15, 0.2) is 0 Å². The molecule has 2 aromatic carbocycles. The molecule has 0 spiro atoms. The zero-order valence-corrected chi connectivity index (χ0v) is 18.3. The van der Waals surface area contributed by atoms with Crippen LogP contribution in [0.4, 0.5) is 0 Å². The summed E-state index contributed by atoms with van der Waals surface area (Å²) in [6.45, 7) is 3.96. The molecule has 30 heavy (non-hydrogen) atoms. The summed E-state index contributed by atoms with van der Waals surface area (Å²) in [6, 6.07) is 11.7. The Hall–Kier alpha value is -2.38. The molecule has 2 aromatic rings. The Morgan fingerprint density at radius 3 is 2.53 bits per heavy atom. The van der Waals surface area contributed by atoms with Crippen LogP contribution in [0, 0.1) is 12.3 Å². The molecular weight excluding hydrogens is 402 g/mol. The number of sulfonamides is 1. The smallest absolute Gasteiger partial charge is 0.311 e. The van der Waals surface area contributed by atoms with Gasteiger partial charge >= 0.3 is 5.97 Å². The average Bonchev–Trinajstić information content (AvgIpc) is 2.70. The highest BCUT2D eigenvalue weighted by Crippen LogP contribution is 2.55.